The van der Waals surface area contributed by atoms with Gasteiger partial charge in [0, 0.05) is 25.9 Å². The Hall–Kier alpha value is -1.68. The second kappa shape index (κ2) is 5.17. The Morgan fingerprint density at radius 1 is 1.04 bits per heavy atom. The van der Waals surface area contributed by atoms with Crippen molar-refractivity contribution >= 4 is 21.1 Å². The SMILES string of the molecule is O=c1[nH]c2ccc(S(=O)(=O)N3CCC4(CC3)OCCO4)cc2[nH]1. The number of benzene rings is 1. The average Bonchev–Trinajstić information content (AvgIpc) is 3.12. The maximum atomic E-state index is 12.8. The van der Waals surface area contributed by atoms with Crippen molar-refractivity contribution < 1.29 is 17.9 Å². The van der Waals surface area contributed by atoms with Crippen molar-refractivity contribution in [2.75, 3.05) is 26.3 Å². The quantitative estimate of drug-likeness (QED) is 0.823. The van der Waals surface area contributed by atoms with E-state index in [0.717, 1.165) is 0 Å². The van der Waals surface area contributed by atoms with Crippen molar-refractivity contribution in [2.45, 2.75) is 23.5 Å². The summed E-state index contributed by atoms with van der Waals surface area (Å²) in [7, 11) is -3.60. The topological polar surface area (TPSA) is 104 Å². The van der Waals surface area contributed by atoms with Gasteiger partial charge in [0.05, 0.1) is 29.1 Å². The van der Waals surface area contributed by atoms with Gasteiger partial charge in [-0.15, -0.1) is 0 Å². The van der Waals surface area contributed by atoms with Crippen molar-refractivity contribution in [2.24, 2.45) is 0 Å². The van der Waals surface area contributed by atoms with Gasteiger partial charge in [0.2, 0.25) is 10.0 Å². The zero-order valence-corrected chi connectivity index (χ0v) is 13.2. The Morgan fingerprint density at radius 3 is 2.39 bits per heavy atom. The van der Waals surface area contributed by atoms with Gasteiger partial charge in [0.15, 0.2) is 5.79 Å². The van der Waals surface area contributed by atoms with Gasteiger partial charge < -0.3 is 19.4 Å². The average molecular weight is 339 g/mol. The molecule has 8 nitrogen and oxygen atoms in total. The van der Waals surface area contributed by atoms with Crippen molar-refractivity contribution in [3.63, 3.8) is 0 Å². The van der Waals surface area contributed by atoms with Crippen LogP contribution >= 0.6 is 0 Å². The molecule has 2 aliphatic rings. The summed E-state index contributed by atoms with van der Waals surface area (Å²) in [6.45, 7) is 1.82. The third-order valence-electron chi connectivity index (χ3n) is 4.42. The summed E-state index contributed by atoms with van der Waals surface area (Å²) >= 11 is 0. The number of rotatable bonds is 2. The van der Waals surface area contributed by atoms with E-state index < -0.39 is 15.8 Å². The van der Waals surface area contributed by atoms with Crippen LogP contribution in [0.4, 0.5) is 0 Å². The number of ether oxygens (including phenoxy) is 2. The summed E-state index contributed by atoms with van der Waals surface area (Å²) in [4.78, 5) is 16.6. The lowest BCUT2D eigenvalue weighted by Gasteiger charge is -2.36. The number of nitrogens with zero attached hydrogens (tertiary/aromatic N) is 1. The molecule has 2 saturated heterocycles. The lowest BCUT2D eigenvalue weighted by atomic mass is 10.1. The molecule has 0 radical (unpaired) electrons. The van der Waals surface area contributed by atoms with Gasteiger partial charge in [-0.25, -0.2) is 13.2 Å². The summed E-state index contributed by atoms with van der Waals surface area (Å²) in [5.41, 5.74) is 0.705. The molecule has 2 aromatic rings. The second-order valence-corrected chi connectivity index (χ2v) is 7.74. The smallest absolute Gasteiger partial charge is 0.323 e. The summed E-state index contributed by atoms with van der Waals surface area (Å²) in [6.07, 6.45) is 1.05. The Kier molecular flexibility index (Phi) is 3.34. The van der Waals surface area contributed by atoms with E-state index in [1.807, 2.05) is 0 Å². The van der Waals surface area contributed by atoms with Gasteiger partial charge in [-0.1, -0.05) is 0 Å². The molecular weight excluding hydrogens is 322 g/mol. The third-order valence-corrected chi connectivity index (χ3v) is 6.32. The highest BCUT2D eigenvalue weighted by Crippen LogP contribution is 2.33. The fourth-order valence-corrected chi connectivity index (χ4v) is 4.64. The number of hydrogen-bond donors (Lipinski definition) is 2. The van der Waals surface area contributed by atoms with Crippen LogP contribution in [0.5, 0.6) is 0 Å². The number of imidazole rings is 1. The minimum absolute atomic E-state index is 0.171. The number of piperidine rings is 1. The molecule has 124 valence electrons. The van der Waals surface area contributed by atoms with Crippen molar-refractivity contribution in [1.29, 1.82) is 0 Å². The molecule has 9 heteroatoms. The first-order valence-corrected chi connectivity index (χ1v) is 8.93. The van der Waals surface area contributed by atoms with Crippen molar-refractivity contribution in [3.05, 3.63) is 28.7 Å². The van der Waals surface area contributed by atoms with Gasteiger partial charge in [-0.2, -0.15) is 4.31 Å². The standard InChI is InChI=1S/C14H17N3O5S/c18-13-15-11-2-1-10(9-12(11)16-13)23(19,20)17-5-3-14(4-6-17)21-7-8-22-14/h1-2,9H,3-8H2,(H2,15,16,18). The predicted octanol–water partition coefficient (Wildman–Crippen LogP) is 0.384. The maximum Gasteiger partial charge on any atom is 0.323 e. The van der Waals surface area contributed by atoms with Gasteiger partial charge in [0.1, 0.15) is 0 Å². The van der Waals surface area contributed by atoms with Crippen LogP contribution in [-0.2, 0) is 19.5 Å². The van der Waals surface area contributed by atoms with Crippen LogP contribution in [-0.4, -0.2) is 54.8 Å². The first-order valence-electron chi connectivity index (χ1n) is 7.49. The number of sulfonamides is 1. The van der Waals surface area contributed by atoms with Crippen LogP contribution in [0.15, 0.2) is 27.9 Å². The fourth-order valence-electron chi connectivity index (χ4n) is 3.17. The molecule has 0 amide bonds. The second-order valence-electron chi connectivity index (χ2n) is 5.80. The van der Waals surface area contributed by atoms with E-state index >= 15 is 0 Å². The van der Waals surface area contributed by atoms with Gasteiger partial charge in [-0.3, -0.25) is 0 Å². The Labute approximate surface area is 132 Å². The van der Waals surface area contributed by atoms with Crippen LogP contribution in [0, 0.1) is 0 Å². The van der Waals surface area contributed by atoms with Crippen molar-refractivity contribution in [3.8, 4) is 0 Å². The number of aromatic amines is 2. The maximum absolute atomic E-state index is 12.8. The zero-order valence-electron chi connectivity index (χ0n) is 12.4. The van der Waals surface area contributed by atoms with Gasteiger partial charge in [0.25, 0.3) is 0 Å². The van der Waals surface area contributed by atoms with Crippen molar-refractivity contribution in [1.82, 2.24) is 14.3 Å². The molecular formula is C14H17N3O5S. The summed E-state index contributed by atoms with van der Waals surface area (Å²) < 4.78 is 38.2. The van der Waals surface area contributed by atoms with Gasteiger partial charge in [-0.05, 0) is 18.2 Å². The number of H-pyrrole nitrogens is 2. The fraction of sp³-hybridized carbons (Fsp3) is 0.500. The summed E-state index contributed by atoms with van der Waals surface area (Å²) in [5, 5.41) is 0. The predicted molar refractivity (Wildman–Crippen MR) is 81.5 cm³/mol. The Bertz CT molecular complexity index is 885. The Morgan fingerprint density at radius 2 is 1.70 bits per heavy atom. The molecule has 0 saturated carbocycles. The largest absolute Gasteiger partial charge is 0.347 e. The molecule has 1 aromatic carbocycles. The molecule has 2 fully saturated rings. The highest BCUT2D eigenvalue weighted by atomic mass is 32.2. The highest BCUT2D eigenvalue weighted by Gasteiger charge is 2.42. The van der Waals surface area contributed by atoms with E-state index in [9.17, 15) is 13.2 Å². The molecule has 2 N–H and O–H groups in total. The highest BCUT2D eigenvalue weighted by molar-refractivity contribution is 7.89. The molecule has 0 aliphatic carbocycles. The van der Waals surface area contributed by atoms with Gasteiger partial charge >= 0.3 is 5.69 Å². The zero-order chi connectivity index (χ0) is 16.1. The van der Waals surface area contributed by atoms with E-state index in [4.69, 9.17) is 9.47 Å². The lowest BCUT2D eigenvalue weighted by Crippen LogP contribution is -2.47. The molecule has 1 spiro atoms. The molecule has 0 unspecified atom stereocenters. The molecule has 1 aromatic heterocycles. The molecule has 23 heavy (non-hydrogen) atoms. The summed E-state index contributed by atoms with van der Waals surface area (Å²) in [5.74, 6) is -0.609. The minimum Gasteiger partial charge on any atom is -0.347 e. The molecule has 2 aliphatic heterocycles. The first-order chi connectivity index (χ1) is 11.0. The van der Waals surface area contributed by atoms with E-state index in [0.29, 0.717) is 50.2 Å². The number of aromatic nitrogens is 2. The van der Waals surface area contributed by atoms with Crippen LogP contribution < -0.4 is 5.69 Å². The van der Waals surface area contributed by atoms with Crippen LogP contribution in [0.1, 0.15) is 12.8 Å². The number of nitrogens with one attached hydrogen (secondary N) is 2. The molecule has 0 atom stereocenters. The monoisotopic (exact) mass is 339 g/mol. The van der Waals surface area contributed by atoms with Crippen LogP contribution in [0.3, 0.4) is 0 Å². The molecule has 3 heterocycles. The van der Waals surface area contributed by atoms with Crippen LogP contribution in [0.25, 0.3) is 11.0 Å². The van der Waals surface area contributed by atoms with E-state index in [-0.39, 0.29) is 10.6 Å². The molecule has 0 bridgehead atoms. The minimum atomic E-state index is -3.60. The first kappa shape index (κ1) is 14.9. The Balaban J connectivity index is 1.60. The van der Waals surface area contributed by atoms with E-state index in [2.05, 4.69) is 9.97 Å². The normalized spacial score (nSPS) is 22.1. The lowest BCUT2D eigenvalue weighted by molar-refractivity contribution is -0.179. The molecule has 4 rings (SSSR count). The summed E-state index contributed by atoms with van der Waals surface area (Å²) in [6, 6.07) is 4.58. The van der Waals surface area contributed by atoms with Crippen LogP contribution in [0.2, 0.25) is 0 Å². The number of hydrogen-bond acceptors (Lipinski definition) is 5. The number of fused-ring (bicyclic) bond motifs is 1. The van der Waals surface area contributed by atoms with E-state index in [1.165, 1.54) is 16.4 Å². The van der Waals surface area contributed by atoms with E-state index in [1.54, 1.807) is 6.07 Å². The third kappa shape index (κ3) is 2.49.